The maximum atomic E-state index is 5.18. The molecule has 70 valence electrons. The summed E-state index contributed by atoms with van der Waals surface area (Å²) in [6.07, 6.45) is 3.61. The summed E-state index contributed by atoms with van der Waals surface area (Å²) in [6.45, 7) is 0. The summed E-state index contributed by atoms with van der Waals surface area (Å²) in [5, 5.41) is 7.05. The normalized spacial score (nSPS) is 22.7. The fraction of sp³-hybridized carbons (Fsp3) is 0.100. The van der Waals surface area contributed by atoms with Gasteiger partial charge in [0.2, 0.25) is 0 Å². The van der Waals surface area contributed by atoms with E-state index in [0.29, 0.717) is 0 Å². The first kappa shape index (κ1) is 7.44. The fourth-order valence-electron chi connectivity index (χ4n) is 1.56. The predicted octanol–water partition coefficient (Wildman–Crippen LogP) is 1.04. The molecule has 14 heavy (non-hydrogen) atoms. The van der Waals surface area contributed by atoms with E-state index in [9.17, 15) is 0 Å². The van der Waals surface area contributed by atoms with E-state index in [1.54, 1.807) is 0 Å². The van der Waals surface area contributed by atoms with Crippen LogP contribution >= 0.6 is 0 Å². The Kier molecular flexibility index (Phi) is 1.47. The van der Waals surface area contributed by atoms with Crippen molar-refractivity contribution in [1.82, 2.24) is 10.2 Å². The molecule has 0 saturated heterocycles. The van der Waals surface area contributed by atoms with Crippen molar-refractivity contribution in [3.8, 4) is 0 Å². The summed E-state index contributed by atoms with van der Waals surface area (Å²) >= 11 is 0. The minimum absolute atomic E-state index is 0.162. The molecule has 0 radical (unpaired) electrons. The van der Waals surface area contributed by atoms with Crippen molar-refractivity contribution in [1.29, 1.82) is 0 Å². The van der Waals surface area contributed by atoms with Crippen LogP contribution in [0, 0.1) is 0 Å². The van der Waals surface area contributed by atoms with E-state index in [0.717, 1.165) is 11.4 Å². The highest BCUT2D eigenvalue weighted by molar-refractivity contribution is 5.99. The molecule has 1 aromatic rings. The van der Waals surface area contributed by atoms with Crippen LogP contribution in [-0.4, -0.2) is 17.1 Å². The summed E-state index contributed by atoms with van der Waals surface area (Å²) in [7, 11) is 0. The van der Waals surface area contributed by atoms with Crippen LogP contribution in [0.2, 0.25) is 0 Å². The lowest BCUT2D eigenvalue weighted by Crippen LogP contribution is -2.34. The van der Waals surface area contributed by atoms with Crippen LogP contribution in [0.5, 0.6) is 0 Å². The molecular weight excluding hydrogens is 178 g/mol. The number of hydrogen-bond donors (Lipinski definition) is 1. The molecule has 4 nitrogen and oxygen atoms in total. The van der Waals surface area contributed by atoms with Crippen LogP contribution in [0.15, 0.2) is 47.9 Å². The van der Waals surface area contributed by atoms with Crippen molar-refractivity contribution >= 4 is 5.84 Å². The van der Waals surface area contributed by atoms with Crippen LogP contribution in [0.25, 0.3) is 0 Å². The van der Waals surface area contributed by atoms with Crippen molar-refractivity contribution in [3.05, 3.63) is 48.3 Å². The van der Waals surface area contributed by atoms with Gasteiger partial charge in [0.1, 0.15) is 0 Å². The minimum Gasteiger partial charge on any atom is -0.345 e. The zero-order chi connectivity index (χ0) is 9.38. The monoisotopic (exact) mass is 187 g/mol. The fourth-order valence-corrected chi connectivity index (χ4v) is 1.56. The first-order valence-electron chi connectivity index (χ1n) is 4.45. The average Bonchev–Trinajstić information content (AvgIpc) is 2.79. The van der Waals surface area contributed by atoms with Gasteiger partial charge < -0.3 is 10.2 Å². The van der Waals surface area contributed by atoms with Gasteiger partial charge >= 0.3 is 0 Å². The van der Waals surface area contributed by atoms with Gasteiger partial charge in [0.25, 0.3) is 6.35 Å². The Balaban J connectivity index is 1.97. The van der Waals surface area contributed by atoms with Crippen molar-refractivity contribution in [2.24, 2.45) is 5.16 Å². The highest BCUT2D eigenvalue weighted by Crippen LogP contribution is 2.19. The lowest BCUT2D eigenvalue weighted by molar-refractivity contribution is 0.0224. The van der Waals surface area contributed by atoms with Crippen molar-refractivity contribution in [2.45, 2.75) is 6.35 Å². The van der Waals surface area contributed by atoms with Crippen molar-refractivity contribution < 1.29 is 4.84 Å². The van der Waals surface area contributed by atoms with Gasteiger partial charge in [-0.25, -0.2) is 0 Å². The molecule has 2 aliphatic rings. The summed E-state index contributed by atoms with van der Waals surface area (Å²) in [5.41, 5.74) is 1.06. The molecule has 2 heterocycles. The molecule has 3 rings (SSSR count). The standard InChI is InChI=1S/C10H9N3O/c1-2-4-8(5-3-1)9-12-14-10-11-6-7-13(9)10/h1-7,10-11H. The molecule has 1 atom stereocenters. The molecule has 4 heteroatoms. The van der Waals surface area contributed by atoms with Gasteiger partial charge in [0.05, 0.1) is 0 Å². The second-order valence-electron chi connectivity index (χ2n) is 3.13. The molecule has 1 unspecified atom stereocenters. The third kappa shape index (κ3) is 0.970. The maximum Gasteiger partial charge on any atom is 0.280 e. The van der Waals surface area contributed by atoms with E-state index in [-0.39, 0.29) is 6.35 Å². The van der Waals surface area contributed by atoms with Gasteiger partial charge in [-0.2, -0.15) is 0 Å². The van der Waals surface area contributed by atoms with Crippen LogP contribution in [0.1, 0.15) is 5.56 Å². The van der Waals surface area contributed by atoms with E-state index in [1.807, 2.05) is 47.6 Å². The Morgan fingerprint density at radius 1 is 1.29 bits per heavy atom. The van der Waals surface area contributed by atoms with E-state index in [1.165, 1.54) is 0 Å². The largest absolute Gasteiger partial charge is 0.345 e. The molecule has 0 fully saturated rings. The van der Waals surface area contributed by atoms with Gasteiger partial charge in [-0.1, -0.05) is 35.5 Å². The average molecular weight is 187 g/mol. The second kappa shape index (κ2) is 2.77. The third-order valence-corrected chi connectivity index (χ3v) is 2.24. The van der Waals surface area contributed by atoms with Crippen LogP contribution in [0.4, 0.5) is 0 Å². The molecule has 0 bridgehead atoms. The number of amidine groups is 1. The first-order valence-corrected chi connectivity index (χ1v) is 4.45. The summed E-state index contributed by atoms with van der Waals surface area (Å²) in [5.74, 6) is 0.844. The SMILES string of the molecule is C1=CN2C(c3ccccc3)=NOC2N1. The number of oxime groups is 1. The van der Waals surface area contributed by atoms with Crippen LogP contribution in [-0.2, 0) is 4.84 Å². The zero-order valence-corrected chi connectivity index (χ0v) is 7.42. The summed E-state index contributed by atoms with van der Waals surface area (Å²) < 4.78 is 0. The quantitative estimate of drug-likeness (QED) is 0.713. The Bertz CT molecular complexity index is 399. The van der Waals surface area contributed by atoms with Gasteiger partial charge in [0.15, 0.2) is 5.84 Å². The molecule has 0 aliphatic carbocycles. The Labute approximate surface area is 81.5 Å². The molecule has 1 N–H and O–H groups in total. The Morgan fingerprint density at radius 2 is 2.14 bits per heavy atom. The van der Waals surface area contributed by atoms with Crippen LogP contribution in [0.3, 0.4) is 0 Å². The van der Waals surface area contributed by atoms with Crippen LogP contribution < -0.4 is 5.32 Å². The first-order chi connectivity index (χ1) is 6.95. The maximum absolute atomic E-state index is 5.18. The number of nitrogens with one attached hydrogen (secondary N) is 1. The van der Waals surface area contributed by atoms with E-state index in [2.05, 4.69) is 10.5 Å². The van der Waals surface area contributed by atoms with Gasteiger partial charge in [-0.05, 0) is 0 Å². The lowest BCUT2D eigenvalue weighted by Gasteiger charge is -2.14. The zero-order valence-electron chi connectivity index (χ0n) is 7.42. The topological polar surface area (TPSA) is 36.9 Å². The number of benzene rings is 1. The van der Waals surface area contributed by atoms with Crippen molar-refractivity contribution in [2.75, 3.05) is 0 Å². The Morgan fingerprint density at radius 3 is 3.00 bits per heavy atom. The van der Waals surface area contributed by atoms with Gasteiger partial charge in [-0.15, -0.1) is 0 Å². The third-order valence-electron chi connectivity index (χ3n) is 2.24. The summed E-state index contributed by atoms with van der Waals surface area (Å²) in [4.78, 5) is 7.14. The van der Waals surface area contributed by atoms with Crippen molar-refractivity contribution in [3.63, 3.8) is 0 Å². The lowest BCUT2D eigenvalue weighted by atomic mass is 10.2. The molecule has 1 aromatic carbocycles. The van der Waals surface area contributed by atoms with Gasteiger partial charge in [0, 0.05) is 18.0 Å². The van der Waals surface area contributed by atoms with E-state index in [4.69, 9.17) is 4.84 Å². The number of rotatable bonds is 1. The van der Waals surface area contributed by atoms with E-state index >= 15 is 0 Å². The molecule has 0 aromatic heterocycles. The predicted molar refractivity (Wildman–Crippen MR) is 52.0 cm³/mol. The van der Waals surface area contributed by atoms with E-state index < -0.39 is 0 Å². The number of nitrogens with zero attached hydrogens (tertiary/aromatic N) is 2. The highest BCUT2D eigenvalue weighted by Gasteiger charge is 2.31. The molecule has 2 aliphatic heterocycles. The highest BCUT2D eigenvalue weighted by atomic mass is 16.7. The second-order valence-corrected chi connectivity index (χ2v) is 3.13. The Hall–Kier alpha value is -1.97. The molecule has 0 amide bonds. The minimum atomic E-state index is -0.162. The number of fused-ring (bicyclic) bond motifs is 1. The smallest absolute Gasteiger partial charge is 0.280 e. The molecular formula is C10H9N3O. The summed E-state index contributed by atoms with van der Waals surface area (Å²) in [6, 6.07) is 9.97. The molecule has 0 spiro atoms. The van der Waals surface area contributed by atoms with Gasteiger partial charge in [-0.3, -0.25) is 4.90 Å². The number of hydrogen-bond acceptors (Lipinski definition) is 4. The molecule has 0 saturated carbocycles.